The zero-order valence-corrected chi connectivity index (χ0v) is 5.96. The first-order chi connectivity index (χ1) is 4.31. The van der Waals surface area contributed by atoms with Gasteiger partial charge in [0.2, 0.25) is 0 Å². The molecule has 56 valence electrons. The highest BCUT2D eigenvalue weighted by atomic mass is 16.7. The monoisotopic (exact) mass is 134 g/mol. The van der Waals surface area contributed by atoms with Gasteiger partial charge in [0.1, 0.15) is 6.79 Å². The standard InChI is InChI=1S/C6H14O3/c1-3-8-5-9-6(2)4-7/h6-7H,3-5H2,1-2H3. The molecule has 3 nitrogen and oxygen atoms in total. The number of hydrogen-bond acceptors (Lipinski definition) is 3. The number of aliphatic hydroxyl groups excluding tert-OH is 1. The second kappa shape index (κ2) is 6.01. The summed E-state index contributed by atoms with van der Waals surface area (Å²) < 4.78 is 9.83. The molecule has 0 aliphatic rings. The molecular formula is C6H14O3. The molecule has 9 heavy (non-hydrogen) atoms. The van der Waals surface area contributed by atoms with Crippen LogP contribution in [-0.4, -0.2) is 31.2 Å². The van der Waals surface area contributed by atoms with Gasteiger partial charge in [0.15, 0.2) is 0 Å². The maximum Gasteiger partial charge on any atom is 0.147 e. The maximum atomic E-state index is 8.45. The molecule has 0 aliphatic carbocycles. The summed E-state index contributed by atoms with van der Waals surface area (Å²) in [6.45, 7) is 4.66. The molecule has 1 N–H and O–H groups in total. The zero-order chi connectivity index (χ0) is 7.11. The van der Waals surface area contributed by atoms with Crippen molar-refractivity contribution in [1.29, 1.82) is 0 Å². The molecule has 1 unspecified atom stereocenters. The van der Waals surface area contributed by atoms with Gasteiger partial charge < -0.3 is 14.6 Å². The molecule has 0 fully saturated rings. The molecule has 0 heterocycles. The van der Waals surface area contributed by atoms with Gasteiger partial charge in [0, 0.05) is 6.61 Å². The van der Waals surface area contributed by atoms with Crippen molar-refractivity contribution in [3.63, 3.8) is 0 Å². The third kappa shape index (κ3) is 5.76. The molecule has 0 rings (SSSR count). The van der Waals surface area contributed by atoms with Crippen LogP contribution in [0.25, 0.3) is 0 Å². The maximum absolute atomic E-state index is 8.45. The first-order valence-electron chi connectivity index (χ1n) is 3.11. The number of rotatable bonds is 5. The summed E-state index contributed by atoms with van der Waals surface area (Å²) in [5.74, 6) is 0. The highest BCUT2D eigenvalue weighted by molar-refractivity contribution is 4.40. The Bertz CT molecular complexity index is 56.3. The summed E-state index contributed by atoms with van der Waals surface area (Å²) in [4.78, 5) is 0. The van der Waals surface area contributed by atoms with Crippen LogP contribution in [0, 0.1) is 0 Å². The van der Waals surface area contributed by atoms with E-state index in [1.807, 2.05) is 6.92 Å². The summed E-state index contributed by atoms with van der Waals surface area (Å²) in [5, 5.41) is 8.45. The Labute approximate surface area is 55.6 Å². The van der Waals surface area contributed by atoms with E-state index in [0.717, 1.165) is 0 Å². The summed E-state index contributed by atoms with van der Waals surface area (Å²) in [6, 6.07) is 0. The summed E-state index contributed by atoms with van der Waals surface area (Å²) >= 11 is 0. The van der Waals surface area contributed by atoms with E-state index in [4.69, 9.17) is 14.6 Å². The van der Waals surface area contributed by atoms with Gasteiger partial charge >= 0.3 is 0 Å². The van der Waals surface area contributed by atoms with Gasteiger partial charge in [-0.05, 0) is 13.8 Å². The number of ether oxygens (including phenoxy) is 2. The molecule has 0 saturated carbocycles. The molecule has 0 aromatic heterocycles. The highest BCUT2D eigenvalue weighted by Gasteiger charge is 1.96. The van der Waals surface area contributed by atoms with Crippen LogP contribution in [0.1, 0.15) is 13.8 Å². The molecule has 0 aromatic carbocycles. The van der Waals surface area contributed by atoms with Gasteiger partial charge in [-0.2, -0.15) is 0 Å². The Morgan fingerprint density at radius 1 is 1.56 bits per heavy atom. The first-order valence-corrected chi connectivity index (χ1v) is 3.11. The van der Waals surface area contributed by atoms with Crippen LogP contribution in [0.15, 0.2) is 0 Å². The predicted molar refractivity (Wildman–Crippen MR) is 34.1 cm³/mol. The molecule has 1 atom stereocenters. The van der Waals surface area contributed by atoms with Gasteiger partial charge in [-0.25, -0.2) is 0 Å². The van der Waals surface area contributed by atoms with Gasteiger partial charge in [0.25, 0.3) is 0 Å². The molecule has 0 saturated heterocycles. The van der Waals surface area contributed by atoms with Crippen LogP contribution in [0.4, 0.5) is 0 Å². The average Bonchev–Trinajstić information content (AvgIpc) is 1.89. The fourth-order valence-corrected chi connectivity index (χ4v) is 0.300. The summed E-state index contributed by atoms with van der Waals surface area (Å²) in [7, 11) is 0. The Kier molecular flexibility index (Phi) is 5.93. The van der Waals surface area contributed by atoms with E-state index in [1.165, 1.54) is 0 Å². The molecule has 0 amide bonds. The lowest BCUT2D eigenvalue weighted by Crippen LogP contribution is -2.14. The zero-order valence-electron chi connectivity index (χ0n) is 5.96. The van der Waals surface area contributed by atoms with Crippen molar-refractivity contribution in [2.45, 2.75) is 20.0 Å². The number of aliphatic hydroxyl groups is 1. The molecule has 0 radical (unpaired) electrons. The summed E-state index contributed by atoms with van der Waals surface area (Å²) in [5.41, 5.74) is 0. The van der Waals surface area contributed by atoms with E-state index < -0.39 is 0 Å². The van der Waals surface area contributed by atoms with E-state index >= 15 is 0 Å². The van der Waals surface area contributed by atoms with Gasteiger partial charge in [0.05, 0.1) is 12.7 Å². The third-order valence-corrected chi connectivity index (χ3v) is 0.897. The van der Waals surface area contributed by atoms with Crippen molar-refractivity contribution in [3.05, 3.63) is 0 Å². The highest BCUT2D eigenvalue weighted by Crippen LogP contribution is 1.87. The fourth-order valence-electron chi connectivity index (χ4n) is 0.300. The lowest BCUT2D eigenvalue weighted by Gasteiger charge is -2.08. The molecule has 0 aliphatic heterocycles. The van der Waals surface area contributed by atoms with Crippen LogP contribution in [0.5, 0.6) is 0 Å². The van der Waals surface area contributed by atoms with Crippen molar-refractivity contribution in [2.75, 3.05) is 20.0 Å². The normalized spacial score (nSPS) is 13.7. The minimum absolute atomic E-state index is 0.0487. The quantitative estimate of drug-likeness (QED) is 0.436. The van der Waals surface area contributed by atoms with Crippen LogP contribution in [0.3, 0.4) is 0 Å². The molecule has 0 spiro atoms. The minimum atomic E-state index is -0.114. The Hall–Kier alpha value is -0.120. The Morgan fingerprint density at radius 3 is 2.67 bits per heavy atom. The Balaban J connectivity index is 2.88. The molecule has 3 heteroatoms. The van der Waals surface area contributed by atoms with Crippen molar-refractivity contribution in [1.82, 2.24) is 0 Å². The topological polar surface area (TPSA) is 38.7 Å². The van der Waals surface area contributed by atoms with Crippen molar-refractivity contribution in [2.24, 2.45) is 0 Å². The van der Waals surface area contributed by atoms with Gasteiger partial charge in [-0.15, -0.1) is 0 Å². The first kappa shape index (κ1) is 8.88. The fraction of sp³-hybridized carbons (Fsp3) is 1.00. The van der Waals surface area contributed by atoms with Gasteiger partial charge in [-0.3, -0.25) is 0 Å². The van der Waals surface area contributed by atoms with E-state index in [0.29, 0.717) is 6.61 Å². The predicted octanol–water partition coefficient (Wildman–Crippen LogP) is 0.378. The lowest BCUT2D eigenvalue weighted by atomic mass is 10.4. The van der Waals surface area contributed by atoms with E-state index in [-0.39, 0.29) is 19.5 Å². The van der Waals surface area contributed by atoms with Crippen molar-refractivity contribution in [3.8, 4) is 0 Å². The lowest BCUT2D eigenvalue weighted by molar-refractivity contribution is -0.0929. The number of hydrogen-bond donors (Lipinski definition) is 1. The second-order valence-corrected chi connectivity index (χ2v) is 1.77. The van der Waals surface area contributed by atoms with E-state index in [1.54, 1.807) is 6.92 Å². The second-order valence-electron chi connectivity index (χ2n) is 1.77. The van der Waals surface area contributed by atoms with E-state index in [2.05, 4.69) is 0 Å². The Morgan fingerprint density at radius 2 is 2.22 bits per heavy atom. The van der Waals surface area contributed by atoms with Crippen LogP contribution < -0.4 is 0 Å². The van der Waals surface area contributed by atoms with Crippen LogP contribution in [-0.2, 0) is 9.47 Å². The molecule has 0 bridgehead atoms. The van der Waals surface area contributed by atoms with E-state index in [9.17, 15) is 0 Å². The van der Waals surface area contributed by atoms with Crippen LogP contribution in [0.2, 0.25) is 0 Å². The molecular weight excluding hydrogens is 120 g/mol. The van der Waals surface area contributed by atoms with Gasteiger partial charge in [-0.1, -0.05) is 0 Å². The molecule has 0 aromatic rings. The van der Waals surface area contributed by atoms with Crippen molar-refractivity contribution < 1.29 is 14.6 Å². The largest absolute Gasteiger partial charge is 0.394 e. The smallest absolute Gasteiger partial charge is 0.147 e. The van der Waals surface area contributed by atoms with Crippen molar-refractivity contribution >= 4 is 0 Å². The summed E-state index contributed by atoms with van der Waals surface area (Å²) in [6.07, 6.45) is -0.114. The average molecular weight is 134 g/mol. The van der Waals surface area contributed by atoms with Crippen LogP contribution >= 0.6 is 0 Å². The minimum Gasteiger partial charge on any atom is -0.394 e. The third-order valence-electron chi connectivity index (χ3n) is 0.897. The SMILES string of the molecule is CCOCOC(C)CO.